The van der Waals surface area contributed by atoms with Gasteiger partial charge in [-0.2, -0.15) is 0 Å². The SMILES string of the molecule is C=C(C)C(=O)O.OCC1CCCCO1. The summed E-state index contributed by atoms with van der Waals surface area (Å²) in [4.78, 5) is 9.60. The third-order valence-corrected chi connectivity index (χ3v) is 1.84. The zero-order valence-electron chi connectivity index (χ0n) is 8.53. The average Bonchev–Trinajstić information content (AvgIpc) is 2.20. The van der Waals surface area contributed by atoms with Crippen molar-refractivity contribution in [3.63, 3.8) is 0 Å². The first-order valence-corrected chi connectivity index (χ1v) is 4.69. The molecule has 1 unspecified atom stereocenters. The lowest BCUT2D eigenvalue weighted by Crippen LogP contribution is -2.22. The summed E-state index contributed by atoms with van der Waals surface area (Å²) in [6.45, 7) is 5.63. The van der Waals surface area contributed by atoms with E-state index in [1.165, 1.54) is 13.3 Å². The molecule has 14 heavy (non-hydrogen) atoms. The van der Waals surface area contributed by atoms with Crippen molar-refractivity contribution in [3.05, 3.63) is 12.2 Å². The molecule has 0 aromatic rings. The van der Waals surface area contributed by atoms with Crippen LogP contribution < -0.4 is 0 Å². The Labute approximate surface area is 84.2 Å². The van der Waals surface area contributed by atoms with Gasteiger partial charge in [-0.3, -0.25) is 0 Å². The van der Waals surface area contributed by atoms with Crippen molar-refractivity contribution in [1.29, 1.82) is 0 Å². The molecule has 1 saturated heterocycles. The van der Waals surface area contributed by atoms with Crippen molar-refractivity contribution in [2.45, 2.75) is 32.3 Å². The summed E-state index contributed by atoms with van der Waals surface area (Å²) in [5, 5.41) is 16.5. The molecule has 1 fully saturated rings. The number of aliphatic hydroxyl groups is 1. The zero-order valence-corrected chi connectivity index (χ0v) is 8.53. The predicted octanol–water partition coefficient (Wildman–Crippen LogP) is 1.19. The van der Waals surface area contributed by atoms with Gasteiger partial charge in [-0.15, -0.1) is 0 Å². The number of aliphatic hydroxyl groups excluding tert-OH is 1. The number of rotatable bonds is 2. The van der Waals surface area contributed by atoms with Crippen LogP contribution in [0, 0.1) is 0 Å². The summed E-state index contributed by atoms with van der Waals surface area (Å²) in [6.07, 6.45) is 3.56. The minimum atomic E-state index is -0.935. The first-order chi connectivity index (χ1) is 6.57. The third-order valence-electron chi connectivity index (χ3n) is 1.84. The maximum atomic E-state index is 9.60. The second kappa shape index (κ2) is 7.53. The molecule has 1 aliphatic heterocycles. The van der Waals surface area contributed by atoms with Crippen LogP contribution >= 0.6 is 0 Å². The van der Waals surface area contributed by atoms with Crippen LogP contribution in [0.1, 0.15) is 26.2 Å². The number of hydrogen-bond donors (Lipinski definition) is 2. The molecule has 1 atom stereocenters. The quantitative estimate of drug-likeness (QED) is 0.660. The molecule has 1 heterocycles. The average molecular weight is 202 g/mol. The highest BCUT2D eigenvalue weighted by atomic mass is 16.5. The van der Waals surface area contributed by atoms with E-state index in [-0.39, 0.29) is 18.3 Å². The van der Waals surface area contributed by atoms with Crippen LogP contribution in [0.2, 0.25) is 0 Å². The second-order valence-corrected chi connectivity index (χ2v) is 3.26. The highest BCUT2D eigenvalue weighted by molar-refractivity contribution is 5.84. The fourth-order valence-electron chi connectivity index (χ4n) is 0.951. The summed E-state index contributed by atoms with van der Waals surface area (Å²) in [5.41, 5.74) is 0.176. The van der Waals surface area contributed by atoms with Crippen LogP contribution in [-0.2, 0) is 9.53 Å². The van der Waals surface area contributed by atoms with Gasteiger partial charge in [-0.05, 0) is 26.2 Å². The van der Waals surface area contributed by atoms with E-state index in [1.807, 2.05) is 0 Å². The van der Waals surface area contributed by atoms with E-state index in [4.69, 9.17) is 14.9 Å². The minimum Gasteiger partial charge on any atom is -0.478 e. The maximum Gasteiger partial charge on any atom is 0.330 e. The van der Waals surface area contributed by atoms with Crippen LogP contribution in [0.25, 0.3) is 0 Å². The summed E-state index contributed by atoms with van der Waals surface area (Å²) >= 11 is 0. The molecule has 4 heteroatoms. The van der Waals surface area contributed by atoms with E-state index in [0.29, 0.717) is 0 Å². The topological polar surface area (TPSA) is 66.8 Å². The highest BCUT2D eigenvalue weighted by Crippen LogP contribution is 2.10. The largest absolute Gasteiger partial charge is 0.478 e. The molecule has 0 amide bonds. The summed E-state index contributed by atoms with van der Waals surface area (Å²) < 4.78 is 5.18. The Hall–Kier alpha value is -0.870. The predicted molar refractivity (Wildman–Crippen MR) is 53.1 cm³/mol. The molecule has 0 spiro atoms. The van der Waals surface area contributed by atoms with E-state index >= 15 is 0 Å². The summed E-state index contributed by atoms with van der Waals surface area (Å²) in [6, 6.07) is 0. The van der Waals surface area contributed by atoms with Gasteiger partial charge >= 0.3 is 5.97 Å². The van der Waals surface area contributed by atoms with Gasteiger partial charge in [0.05, 0.1) is 12.7 Å². The summed E-state index contributed by atoms with van der Waals surface area (Å²) in [5.74, 6) is -0.935. The molecule has 1 aliphatic rings. The normalized spacial score (nSPS) is 20.6. The van der Waals surface area contributed by atoms with E-state index < -0.39 is 5.97 Å². The lowest BCUT2D eigenvalue weighted by Gasteiger charge is -2.19. The number of carboxylic acids is 1. The Morgan fingerprint density at radius 2 is 2.14 bits per heavy atom. The van der Waals surface area contributed by atoms with E-state index in [9.17, 15) is 4.79 Å². The third kappa shape index (κ3) is 6.62. The molecule has 0 aliphatic carbocycles. The number of carboxylic acid groups (broad SMARTS) is 1. The Balaban J connectivity index is 0.000000255. The highest BCUT2D eigenvalue weighted by Gasteiger charge is 2.10. The molecule has 0 saturated carbocycles. The standard InChI is InChI=1S/C6H12O2.C4H6O2/c7-5-6-3-1-2-4-8-6;1-3(2)4(5)6/h6-7H,1-5H2;1H2,2H3,(H,5,6). The van der Waals surface area contributed by atoms with E-state index in [1.54, 1.807) is 0 Å². The van der Waals surface area contributed by atoms with Crippen molar-refractivity contribution in [2.75, 3.05) is 13.2 Å². The fraction of sp³-hybridized carbons (Fsp3) is 0.700. The van der Waals surface area contributed by atoms with E-state index in [2.05, 4.69) is 6.58 Å². The van der Waals surface area contributed by atoms with Crippen LogP contribution in [0.5, 0.6) is 0 Å². The van der Waals surface area contributed by atoms with Crippen LogP contribution in [0.15, 0.2) is 12.2 Å². The van der Waals surface area contributed by atoms with Gasteiger partial charge in [0.1, 0.15) is 0 Å². The Morgan fingerprint density at radius 3 is 2.36 bits per heavy atom. The smallest absolute Gasteiger partial charge is 0.330 e. The minimum absolute atomic E-state index is 0.142. The Bertz CT molecular complexity index is 171. The van der Waals surface area contributed by atoms with Crippen molar-refractivity contribution >= 4 is 5.97 Å². The molecule has 1 rings (SSSR count). The van der Waals surface area contributed by atoms with Gasteiger partial charge in [0.2, 0.25) is 0 Å². The molecular formula is C10H18O4. The molecule has 0 radical (unpaired) electrons. The monoisotopic (exact) mass is 202 g/mol. The molecule has 82 valence electrons. The van der Waals surface area contributed by atoms with Crippen molar-refractivity contribution < 1.29 is 19.7 Å². The fourth-order valence-corrected chi connectivity index (χ4v) is 0.951. The second-order valence-electron chi connectivity index (χ2n) is 3.26. The molecule has 2 N–H and O–H groups in total. The number of aliphatic carboxylic acids is 1. The maximum absolute atomic E-state index is 9.60. The van der Waals surface area contributed by atoms with Crippen LogP contribution in [0.3, 0.4) is 0 Å². The van der Waals surface area contributed by atoms with Gasteiger partial charge < -0.3 is 14.9 Å². The van der Waals surface area contributed by atoms with Crippen LogP contribution in [0.4, 0.5) is 0 Å². The number of ether oxygens (including phenoxy) is 1. The lowest BCUT2D eigenvalue weighted by molar-refractivity contribution is -0.132. The molecule has 0 bridgehead atoms. The molecule has 4 nitrogen and oxygen atoms in total. The van der Waals surface area contributed by atoms with Crippen molar-refractivity contribution in [3.8, 4) is 0 Å². The van der Waals surface area contributed by atoms with Gasteiger partial charge in [-0.25, -0.2) is 4.79 Å². The summed E-state index contributed by atoms with van der Waals surface area (Å²) in [7, 11) is 0. The van der Waals surface area contributed by atoms with Crippen molar-refractivity contribution in [1.82, 2.24) is 0 Å². The van der Waals surface area contributed by atoms with Gasteiger partial charge in [0.25, 0.3) is 0 Å². The number of hydrogen-bond acceptors (Lipinski definition) is 3. The van der Waals surface area contributed by atoms with E-state index in [0.717, 1.165) is 19.4 Å². The lowest BCUT2D eigenvalue weighted by atomic mass is 10.1. The number of carbonyl (C=O) groups is 1. The zero-order chi connectivity index (χ0) is 11.0. The van der Waals surface area contributed by atoms with Crippen molar-refractivity contribution in [2.24, 2.45) is 0 Å². The van der Waals surface area contributed by atoms with Gasteiger partial charge in [-0.1, -0.05) is 6.58 Å². The van der Waals surface area contributed by atoms with Gasteiger partial charge in [0, 0.05) is 12.2 Å². The molecule has 0 aromatic heterocycles. The molecular weight excluding hydrogens is 184 g/mol. The first kappa shape index (κ1) is 13.1. The van der Waals surface area contributed by atoms with Gasteiger partial charge in [0.15, 0.2) is 0 Å². The first-order valence-electron chi connectivity index (χ1n) is 4.69. The molecule has 0 aromatic carbocycles. The Morgan fingerprint density at radius 1 is 1.57 bits per heavy atom. The van der Waals surface area contributed by atoms with Crippen LogP contribution in [-0.4, -0.2) is 35.5 Å². The Kier molecular flexibility index (Phi) is 7.06.